The molecule has 0 bridgehead atoms. The summed E-state index contributed by atoms with van der Waals surface area (Å²) in [5.74, 6) is -0.261. The Balaban J connectivity index is 2.71. The van der Waals surface area contributed by atoms with Gasteiger partial charge in [0.2, 0.25) is 0 Å². The van der Waals surface area contributed by atoms with E-state index in [1.54, 1.807) is 0 Å². The third-order valence-electron chi connectivity index (χ3n) is 7.28. The van der Waals surface area contributed by atoms with Gasteiger partial charge in [0.25, 0.3) is 0 Å². The zero-order chi connectivity index (χ0) is 25.1. The summed E-state index contributed by atoms with van der Waals surface area (Å²) in [6.45, 7) is 8.96. The Bertz CT molecular complexity index is 659. The van der Waals surface area contributed by atoms with E-state index in [4.69, 9.17) is 9.16 Å². The number of hydrogen-bond acceptors (Lipinski definition) is 3. The van der Waals surface area contributed by atoms with Crippen LogP contribution in [0.3, 0.4) is 0 Å². The number of methoxy groups -OCH3 is 1. The maximum Gasteiger partial charge on any atom is 0.336 e. The first-order valence-electron chi connectivity index (χ1n) is 14.1. The number of carbonyl (C=O) groups is 1. The van der Waals surface area contributed by atoms with Crippen molar-refractivity contribution in [2.45, 2.75) is 129 Å². The normalized spacial score (nSPS) is 13.1. The molecule has 4 heteroatoms. The van der Waals surface area contributed by atoms with Gasteiger partial charge in [0.1, 0.15) is 6.10 Å². The van der Waals surface area contributed by atoms with Crippen molar-refractivity contribution in [3.8, 4) is 0 Å². The van der Waals surface area contributed by atoms with Crippen LogP contribution in [0, 0.1) is 0 Å². The first-order chi connectivity index (χ1) is 16.6. The van der Waals surface area contributed by atoms with Gasteiger partial charge >= 0.3 is 5.97 Å². The van der Waals surface area contributed by atoms with Gasteiger partial charge in [-0.05, 0) is 36.5 Å². The molecule has 0 radical (unpaired) electrons. The van der Waals surface area contributed by atoms with Gasteiger partial charge in [0.15, 0.2) is 8.32 Å². The first kappa shape index (κ1) is 30.6. The van der Waals surface area contributed by atoms with Crippen molar-refractivity contribution in [2.24, 2.45) is 0 Å². The SMILES string of the molecule is CCCCCCCCCCCCCC=C(C(=O)OC)C(O[Si](CC)(CC)CC)c1ccccc1. The fourth-order valence-electron chi connectivity index (χ4n) is 4.67. The molecule has 1 unspecified atom stereocenters. The Kier molecular flexibility index (Phi) is 17.0. The van der Waals surface area contributed by atoms with Crippen molar-refractivity contribution in [1.29, 1.82) is 0 Å². The van der Waals surface area contributed by atoms with Gasteiger partial charge in [-0.1, -0.05) is 128 Å². The molecular formula is C30H52O3Si. The van der Waals surface area contributed by atoms with E-state index >= 15 is 0 Å². The molecule has 0 spiro atoms. The molecule has 0 aliphatic rings. The van der Waals surface area contributed by atoms with Crippen LogP contribution in [0.1, 0.15) is 116 Å². The van der Waals surface area contributed by atoms with Crippen LogP contribution in [0.2, 0.25) is 18.1 Å². The summed E-state index contributed by atoms with van der Waals surface area (Å²) in [4.78, 5) is 12.9. The zero-order valence-corrected chi connectivity index (χ0v) is 23.9. The predicted molar refractivity (Wildman–Crippen MR) is 149 cm³/mol. The Hall–Kier alpha value is -1.39. The lowest BCUT2D eigenvalue weighted by atomic mass is 9.99. The van der Waals surface area contributed by atoms with Crippen LogP contribution in [-0.2, 0) is 14.0 Å². The van der Waals surface area contributed by atoms with Crippen molar-refractivity contribution < 1.29 is 14.0 Å². The van der Waals surface area contributed by atoms with E-state index in [1.807, 2.05) is 18.2 Å². The minimum Gasteiger partial charge on any atom is -0.466 e. The summed E-state index contributed by atoms with van der Waals surface area (Å²) < 4.78 is 12.1. The van der Waals surface area contributed by atoms with Gasteiger partial charge < -0.3 is 9.16 Å². The number of ether oxygens (including phenoxy) is 1. The third kappa shape index (κ3) is 11.4. The molecule has 1 atom stereocenters. The van der Waals surface area contributed by atoms with Gasteiger partial charge in [-0.15, -0.1) is 0 Å². The molecule has 194 valence electrons. The average molecular weight is 489 g/mol. The van der Waals surface area contributed by atoms with Crippen molar-refractivity contribution in [3.63, 3.8) is 0 Å². The minimum absolute atomic E-state index is 0.261. The second-order valence-corrected chi connectivity index (χ2v) is 14.4. The Morgan fingerprint density at radius 3 is 1.76 bits per heavy atom. The summed E-state index contributed by atoms with van der Waals surface area (Å²) in [6, 6.07) is 13.4. The van der Waals surface area contributed by atoms with E-state index in [-0.39, 0.29) is 12.1 Å². The summed E-state index contributed by atoms with van der Waals surface area (Å²) in [6.07, 6.45) is 17.2. The molecule has 0 heterocycles. The zero-order valence-electron chi connectivity index (χ0n) is 22.9. The van der Waals surface area contributed by atoms with Crippen molar-refractivity contribution in [1.82, 2.24) is 0 Å². The fourth-order valence-corrected chi connectivity index (χ4v) is 7.43. The van der Waals surface area contributed by atoms with Gasteiger partial charge in [-0.3, -0.25) is 0 Å². The summed E-state index contributed by atoms with van der Waals surface area (Å²) in [5.41, 5.74) is 1.72. The summed E-state index contributed by atoms with van der Waals surface area (Å²) in [5, 5.41) is 0. The van der Waals surface area contributed by atoms with Crippen LogP contribution in [0.15, 0.2) is 42.0 Å². The van der Waals surface area contributed by atoms with Crippen LogP contribution in [0.4, 0.5) is 0 Å². The number of allylic oxidation sites excluding steroid dienone is 1. The molecule has 0 saturated carbocycles. The first-order valence-corrected chi connectivity index (χ1v) is 16.6. The van der Waals surface area contributed by atoms with E-state index in [1.165, 1.54) is 71.3 Å². The number of esters is 1. The molecule has 0 N–H and O–H groups in total. The van der Waals surface area contributed by atoms with E-state index in [2.05, 4.69) is 45.9 Å². The van der Waals surface area contributed by atoms with E-state index in [0.29, 0.717) is 5.57 Å². The average Bonchev–Trinajstić information content (AvgIpc) is 2.88. The molecule has 0 fully saturated rings. The van der Waals surface area contributed by atoms with Gasteiger partial charge in [-0.25, -0.2) is 4.79 Å². The molecule has 0 aliphatic carbocycles. The van der Waals surface area contributed by atoms with Crippen LogP contribution in [-0.4, -0.2) is 21.4 Å². The molecular weight excluding hydrogens is 436 g/mol. The van der Waals surface area contributed by atoms with Gasteiger partial charge in [0, 0.05) is 0 Å². The summed E-state index contributed by atoms with van der Waals surface area (Å²) >= 11 is 0. The Morgan fingerprint density at radius 2 is 1.29 bits per heavy atom. The molecule has 0 saturated heterocycles. The second kappa shape index (κ2) is 18.9. The maximum atomic E-state index is 12.9. The van der Waals surface area contributed by atoms with Crippen molar-refractivity contribution >= 4 is 14.3 Å². The highest BCUT2D eigenvalue weighted by molar-refractivity contribution is 6.73. The molecule has 0 aromatic heterocycles. The van der Waals surface area contributed by atoms with Crippen LogP contribution in [0.5, 0.6) is 0 Å². The van der Waals surface area contributed by atoms with Crippen LogP contribution >= 0.6 is 0 Å². The van der Waals surface area contributed by atoms with E-state index in [9.17, 15) is 4.79 Å². The number of benzene rings is 1. The van der Waals surface area contributed by atoms with Gasteiger partial charge in [-0.2, -0.15) is 0 Å². The molecule has 1 rings (SSSR count). The second-order valence-electron chi connectivity index (χ2n) is 9.63. The number of carbonyl (C=O) groups excluding carboxylic acids is 1. The molecule has 1 aromatic carbocycles. The van der Waals surface area contributed by atoms with E-state index in [0.717, 1.165) is 36.5 Å². The molecule has 1 aromatic rings. The van der Waals surface area contributed by atoms with E-state index < -0.39 is 8.32 Å². The van der Waals surface area contributed by atoms with Crippen LogP contribution < -0.4 is 0 Å². The smallest absolute Gasteiger partial charge is 0.336 e. The van der Waals surface area contributed by atoms with Crippen LogP contribution in [0.25, 0.3) is 0 Å². The Morgan fingerprint density at radius 1 is 0.794 bits per heavy atom. The number of rotatable bonds is 20. The maximum absolute atomic E-state index is 12.9. The third-order valence-corrected chi connectivity index (χ3v) is 11.9. The summed E-state index contributed by atoms with van der Waals surface area (Å²) in [7, 11) is -0.441. The lowest BCUT2D eigenvalue weighted by Gasteiger charge is -2.34. The number of hydrogen-bond donors (Lipinski definition) is 0. The molecule has 0 aliphatic heterocycles. The highest BCUT2D eigenvalue weighted by Gasteiger charge is 2.35. The molecule has 34 heavy (non-hydrogen) atoms. The van der Waals surface area contributed by atoms with Gasteiger partial charge in [0.05, 0.1) is 12.7 Å². The van der Waals surface area contributed by atoms with Crippen molar-refractivity contribution in [2.75, 3.05) is 7.11 Å². The monoisotopic (exact) mass is 488 g/mol. The van der Waals surface area contributed by atoms with Crippen molar-refractivity contribution in [3.05, 3.63) is 47.5 Å². The molecule has 0 amide bonds. The number of unbranched alkanes of at least 4 members (excludes halogenated alkanes) is 11. The highest BCUT2D eigenvalue weighted by atomic mass is 28.4. The fraction of sp³-hybridized carbons (Fsp3) is 0.700. The largest absolute Gasteiger partial charge is 0.466 e. The lowest BCUT2D eigenvalue weighted by molar-refractivity contribution is -0.137. The minimum atomic E-state index is -1.92. The quantitative estimate of drug-likeness (QED) is 0.0793. The Labute approximate surface area is 211 Å². The molecule has 3 nitrogen and oxygen atoms in total. The lowest BCUT2D eigenvalue weighted by Crippen LogP contribution is -2.38. The standard InChI is InChI=1S/C30H52O3Si/c1-6-10-11-12-13-14-15-16-17-18-19-23-26-28(30(31)32-5)29(27-24-21-20-22-25-27)33-34(7-2,8-3)9-4/h20-22,24-26,29H,6-19,23H2,1-5H3. The topological polar surface area (TPSA) is 35.5 Å². The predicted octanol–water partition coefficient (Wildman–Crippen LogP) is 9.55. The highest BCUT2D eigenvalue weighted by Crippen LogP contribution is 2.35.